The first kappa shape index (κ1) is 12.2. The van der Waals surface area contributed by atoms with Gasteiger partial charge in [0.1, 0.15) is 0 Å². The third-order valence-electron chi connectivity index (χ3n) is 2.82. The Morgan fingerprint density at radius 3 is 2.71 bits per heavy atom. The molecule has 1 aliphatic heterocycles. The zero-order valence-electron chi connectivity index (χ0n) is 9.88. The predicted octanol–water partition coefficient (Wildman–Crippen LogP) is 2.23. The molecule has 0 amide bonds. The van der Waals surface area contributed by atoms with Gasteiger partial charge in [-0.25, -0.2) is 0 Å². The van der Waals surface area contributed by atoms with Gasteiger partial charge in [0.25, 0.3) is 0 Å². The molecule has 0 radical (unpaired) electrons. The van der Waals surface area contributed by atoms with E-state index < -0.39 is 9.04 Å². The highest BCUT2D eigenvalue weighted by atomic mass is 28.3. The van der Waals surface area contributed by atoms with Crippen molar-refractivity contribution in [1.82, 2.24) is 5.32 Å². The second-order valence-electron chi connectivity index (χ2n) is 4.57. The average Bonchev–Trinajstić information content (AvgIpc) is 2.18. The molecule has 1 rings (SSSR count). The lowest BCUT2D eigenvalue weighted by Crippen LogP contribution is -2.48. The molecule has 2 unspecified atom stereocenters. The summed E-state index contributed by atoms with van der Waals surface area (Å²) in [4.78, 5) is 0. The van der Waals surface area contributed by atoms with Crippen LogP contribution < -0.4 is 5.32 Å². The topological polar surface area (TPSA) is 21.3 Å². The number of piperidine rings is 1. The first-order valence-electron chi connectivity index (χ1n) is 6.13. The zero-order valence-corrected chi connectivity index (χ0v) is 11.0. The molecule has 0 aromatic heterocycles. The van der Waals surface area contributed by atoms with E-state index >= 15 is 0 Å². The molecule has 1 aliphatic rings. The van der Waals surface area contributed by atoms with Crippen LogP contribution in [0.1, 0.15) is 46.5 Å². The van der Waals surface area contributed by atoms with Crippen LogP contribution in [-0.4, -0.2) is 27.4 Å². The third-order valence-corrected chi connectivity index (χ3v) is 6.32. The van der Waals surface area contributed by atoms with Crippen LogP contribution in [0.2, 0.25) is 6.04 Å². The molecule has 14 heavy (non-hydrogen) atoms. The van der Waals surface area contributed by atoms with Crippen molar-refractivity contribution in [3.05, 3.63) is 0 Å². The van der Waals surface area contributed by atoms with Gasteiger partial charge in [-0.2, -0.15) is 0 Å². The van der Waals surface area contributed by atoms with E-state index in [1.165, 1.54) is 38.3 Å². The van der Waals surface area contributed by atoms with Crippen molar-refractivity contribution in [3.63, 3.8) is 0 Å². The van der Waals surface area contributed by atoms with E-state index in [1.54, 1.807) is 0 Å². The van der Waals surface area contributed by atoms with Crippen LogP contribution in [0.5, 0.6) is 0 Å². The van der Waals surface area contributed by atoms with Crippen LogP contribution >= 0.6 is 0 Å². The van der Waals surface area contributed by atoms with E-state index in [0.717, 1.165) is 5.67 Å². The van der Waals surface area contributed by atoms with Gasteiger partial charge in [0.2, 0.25) is 0 Å². The lowest BCUT2D eigenvalue weighted by molar-refractivity contribution is 0.228. The maximum atomic E-state index is 6.11. The smallest absolute Gasteiger partial charge is 0.193 e. The van der Waals surface area contributed by atoms with E-state index in [9.17, 15) is 0 Å². The van der Waals surface area contributed by atoms with Gasteiger partial charge < -0.3 is 9.74 Å². The monoisotopic (exact) mass is 215 g/mol. The standard InChI is InChI=1S/C11H25NOSi/c1-4-9-14(13-10(2)3)11-7-5-6-8-12-11/h10-12,14H,4-9H2,1-3H3. The molecular formula is C11H25NOSi. The van der Waals surface area contributed by atoms with Crippen LogP contribution in [0.25, 0.3) is 0 Å². The van der Waals surface area contributed by atoms with Gasteiger partial charge in [-0.15, -0.1) is 0 Å². The van der Waals surface area contributed by atoms with Gasteiger partial charge in [-0.3, -0.25) is 0 Å². The number of hydrogen-bond donors (Lipinski definition) is 1. The van der Waals surface area contributed by atoms with E-state index in [4.69, 9.17) is 4.43 Å². The largest absolute Gasteiger partial charge is 0.416 e. The SMILES string of the molecule is CCC[SiH](OC(C)C)C1CCCCN1. The molecule has 84 valence electrons. The van der Waals surface area contributed by atoms with E-state index in [0.29, 0.717) is 6.10 Å². The minimum atomic E-state index is -0.984. The zero-order chi connectivity index (χ0) is 10.4. The van der Waals surface area contributed by atoms with E-state index in [-0.39, 0.29) is 0 Å². The Morgan fingerprint density at radius 1 is 1.43 bits per heavy atom. The molecule has 1 saturated heterocycles. The molecule has 0 aromatic carbocycles. The second-order valence-corrected chi connectivity index (χ2v) is 7.30. The van der Waals surface area contributed by atoms with E-state index in [2.05, 4.69) is 26.1 Å². The van der Waals surface area contributed by atoms with Gasteiger partial charge in [0.15, 0.2) is 9.04 Å². The predicted molar refractivity (Wildman–Crippen MR) is 64.1 cm³/mol. The average molecular weight is 215 g/mol. The quantitative estimate of drug-likeness (QED) is 0.710. The van der Waals surface area contributed by atoms with Gasteiger partial charge in [-0.05, 0) is 39.3 Å². The highest BCUT2D eigenvalue weighted by Gasteiger charge is 2.25. The first-order valence-corrected chi connectivity index (χ1v) is 8.08. The first-order chi connectivity index (χ1) is 6.74. The summed E-state index contributed by atoms with van der Waals surface area (Å²) in [5.74, 6) is 0. The molecule has 0 spiro atoms. The second kappa shape index (κ2) is 6.59. The lowest BCUT2D eigenvalue weighted by atomic mass is 10.2. The number of hydrogen-bond acceptors (Lipinski definition) is 2. The summed E-state index contributed by atoms with van der Waals surface area (Å²) < 4.78 is 6.11. The Labute approximate surface area is 90.1 Å². The Kier molecular flexibility index (Phi) is 5.75. The fourth-order valence-electron chi connectivity index (χ4n) is 2.19. The fraction of sp³-hybridized carbons (Fsp3) is 1.00. The number of nitrogens with one attached hydrogen (secondary N) is 1. The molecule has 0 aliphatic carbocycles. The maximum Gasteiger partial charge on any atom is 0.193 e. The highest BCUT2D eigenvalue weighted by molar-refractivity contribution is 6.53. The lowest BCUT2D eigenvalue weighted by Gasteiger charge is -2.31. The normalized spacial score (nSPS) is 25.3. The summed E-state index contributed by atoms with van der Waals surface area (Å²) >= 11 is 0. The molecule has 2 atom stereocenters. The minimum absolute atomic E-state index is 0.418. The molecule has 2 nitrogen and oxygen atoms in total. The molecule has 1 heterocycles. The van der Waals surface area contributed by atoms with Gasteiger partial charge >= 0.3 is 0 Å². The number of rotatable bonds is 5. The highest BCUT2D eigenvalue weighted by Crippen LogP contribution is 2.15. The molecule has 1 fully saturated rings. The molecule has 0 bridgehead atoms. The molecule has 1 N–H and O–H groups in total. The Morgan fingerprint density at radius 2 is 2.21 bits per heavy atom. The van der Waals surface area contributed by atoms with Crippen molar-refractivity contribution in [2.75, 3.05) is 6.54 Å². The third kappa shape index (κ3) is 4.11. The van der Waals surface area contributed by atoms with Gasteiger partial charge in [0.05, 0.1) is 0 Å². The summed E-state index contributed by atoms with van der Waals surface area (Å²) in [5.41, 5.74) is 0.742. The van der Waals surface area contributed by atoms with Crippen LogP contribution in [-0.2, 0) is 4.43 Å². The fourth-order valence-corrected chi connectivity index (χ4v) is 5.23. The van der Waals surface area contributed by atoms with Crippen LogP contribution in [0.3, 0.4) is 0 Å². The van der Waals surface area contributed by atoms with Gasteiger partial charge in [0, 0.05) is 11.8 Å². The van der Waals surface area contributed by atoms with Crippen molar-refractivity contribution in [2.24, 2.45) is 0 Å². The Balaban J connectivity index is 2.38. The Bertz CT molecular complexity index is 146. The van der Waals surface area contributed by atoms with Crippen LogP contribution in [0.4, 0.5) is 0 Å². The minimum Gasteiger partial charge on any atom is -0.416 e. The van der Waals surface area contributed by atoms with Crippen molar-refractivity contribution in [2.45, 2.75) is 64.3 Å². The summed E-state index contributed by atoms with van der Waals surface area (Å²) in [5, 5.41) is 3.65. The molecule has 3 heteroatoms. The van der Waals surface area contributed by atoms with Crippen molar-refractivity contribution >= 4 is 9.04 Å². The van der Waals surface area contributed by atoms with Crippen LogP contribution in [0, 0.1) is 0 Å². The van der Waals surface area contributed by atoms with Crippen molar-refractivity contribution < 1.29 is 4.43 Å². The van der Waals surface area contributed by atoms with Crippen molar-refractivity contribution in [1.29, 1.82) is 0 Å². The Hall–Kier alpha value is 0.137. The van der Waals surface area contributed by atoms with Crippen molar-refractivity contribution in [3.8, 4) is 0 Å². The summed E-state index contributed by atoms with van der Waals surface area (Å²) in [6.45, 7) is 7.81. The van der Waals surface area contributed by atoms with Gasteiger partial charge in [-0.1, -0.05) is 19.8 Å². The van der Waals surface area contributed by atoms with E-state index in [1.807, 2.05) is 0 Å². The summed E-state index contributed by atoms with van der Waals surface area (Å²) in [6.07, 6.45) is 5.80. The summed E-state index contributed by atoms with van der Waals surface area (Å²) in [7, 11) is -0.984. The molecule has 0 aromatic rings. The summed E-state index contributed by atoms with van der Waals surface area (Å²) in [6, 6.07) is 1.33. The van der Waals surface area contributed by atoms with Crippen LogP contribution in [0.15, 0.2) is 0 Å². The maximum absolute atomic E-state index is 6.11. The molecular weight excluding hydrogens is 190 g/mol. The molecule has 0 saturated carbocycles.